The Morgan fingerprint density at radius 3 is 2.65 bits per heavy atom. The van der Waals surface area contributed by atoms with E-state index in [1.807, 2.05) is 0 Å². The normalized spacial score (nSPS) is 15.7. The molecule has 2 heterocycles. The van der Waals surface area contributed by atoms with Crippen LogP contribution >= 0.6 is 11.6 Å². The lowest BCUT2D eigenvalue weighted by molar-refractivity contribution is 0.715. The van der Waals surface area contributed by atoms with E-state index >= 15 is 0 Å². The molecule has 104 valence electrons. The van der Waals surface area contributed by atoms with E-state index in [0.29, 0.717) is 16.8 Å². The molecule has 6 nitrogen and oxygen atoms in total. The predicted molar refractivity (Wildman–Crippen MR) is 74.9 cm³/mol. The van der Waals surface area contributed by atoms with Gasteiger partial charge in [0.1, 0.15) is 5.69 Å². The van der Waals surface area contributed by atoms with Crippen molar-refractivity contribution in [2.24, 2.45) is 0 Å². The quantitative estimate of drug-likeness (QED) is 0.883. The van der Waals surface area contributed by atoms with Crippen molar-refractivity contribution in [2.45, 2.75) is 31.6 Å². The van der Waals surface area contributed by atoms with E-state index in [1.165, 1.54) is 19.0 Å². The zero-order valence-corrected chi connectivity index (χ0v) is 11.4. The topological polar surface area (TPSA) is 91.5 Å². The third-order valence-corrected chi connectivity index (χ3v) is 3.96. The van der Waals surface area contributed by atoms with Crippen LogP contribution in [0.1, 0.15) is 37.2 Å². The molecule has 2 aromatic rings. The zero-order chi connectivity index (χ0) is 14.1. The van der Waals surface area contributed by atoms with E-state index in [-0.39, 0.29) is 5.56 Å². The van der Waals surface area contributed by atoms with E-state index in [4.69, 9.17) is 11.6 Å². The maximum atomic E-state index is 11.8. The highest BCUT2D eigenvalue weighted by atomic mass is 35.5. The summed E-state index contributed by atoms with van der Waals surface area (Å²) in [6, 6.07) is 1.80. The second kappa shape index (κ2) is 5.20. The average molecular weight is 293 g/mol. The summed E-state index contributed by atoms with van der Waals surface area (Å²) in [7, 11) is 0. The molecule has 0 amide bonds. The molecule has 20 heavy (non-hydrogen) atoms. The number of hydrogen-bond donors (Lipinski definition) is 2. The fraction of sp³-hybridized carbons (Fsp3) is 0.385. The van der Waals surface area contributed by atoms with E-state index in [9.17, 15) is 9.59 Å². The number of halogens is 1. The van der Waals surface area contributed by atoms with Gasteiger partial charge in [-0.1, -0.05) is 24.4 Å². The summed E-state index contributed by atoms with van der Waals surface area (Å²) in [5.41, 5.74) is 0.612. The summed E-state index contributed by atoms with van der Waals surface area (Å²) >= 11 is 6.11. The SMILES string of the molecule is O=c1[nH]cc(-c2cc(C3CCCC3)c(Cl)nn2)c(=O)[nH]1. The highest BCUT2D eigenvalue weighted by molar-refractivity contribution is 6.30. The first kappa shape index (κ1) is 13.1. The molecule has 0 saturated heterocycles. The number of rotatable bonds is 2. The molecule has 2 N–H and O–H groups in total. The molecule has 0 atom stereocenters. The molecule has 0 aliphatic heterocycles. The van der Waals surface area contributed by atoms with Gasteiger partial charge in [0.2, 0.25) is 0 Å². The summed E-state index contributed by atoms with van der Waals surface area (Å²) in [4.78, 5) is 27.4. The van der Waals surface area contributed by atoms with E-state index in [1.54, 1.807) is 6.07 Å². The van der Waals surface area contributed by atoms with Crippen LogP contribution in [0.2, 0.25) is 5.15 Å². The molecule has 2 aromatic heterocycles. The Labute approximate surface area is 119 Å². The molecule has 1 aliphatic rings. The molecule has 3 rings (SSSR count). The van der Waals surface area contributed by atoms with Crippen molar-refractivity contribution < 1.29 is 0 Å². The van der Waals surface area contributed by atoms with Crippen molar-refractivity contribution >= 4 is 11.6 Å². The monoisotopic (exact) mass is 292 g/mol. The Morgan fingerprint density at radius 1 is 1.20 bits per heavy atom. The van der Waals surface area contributed by atoms with Crippen LogP contribution in [0.3, 0.4) is 0 Å². The number of aromatic amines is 2. The average Bonchev–Trinajstić information content (AvgIpc) is 2.93. The smallest absolute Gasteiger partial charge is 0.313 e. The zero-order valence-electron chi connectivity index (χ0n) is 10.6. The van der Waals surface area contributed by atoms with Crippen molar-refractivity contribution in [1.29, 1.82) is 0 Å². The first-order chi connectivity index (χ1) is 9.65. The van der Waals surface area contributed by atoms with Crippen molar-refractivity contribution in [3.05, 3.63) is 43.8 Å². The number of nitrogens with zero attached hydrogens (tertiary/aromatic N) is 2. The van der Waals surface area contributed by atoms with Crippen LogP contribution in [0.25, 0.3) is 11.3 Å². The lowest BCUT2D eigenvalue weighted by atomic mass is 9.98. The van der Waals surface area contributed by atoms with Gasteiger partial charge in [-0.25, -0.2) is 4.79 Å². The minimum Gasteiger partial charge on any atom is -0.313 e. The number of nitrogens with one attached hydrogen (secondary N) is 2. The van der Waals surface area contributed by atoms with E-state index in [2.05, 4.69) is 20.2 Å². The van der Waals surface area contributed by atoms with Crippen LogP contribution in [0.5, 0.6) is 0 Å². The van der Waals surface area contributed by atoms with Crippen molar-refractivity contribution in [3.8, 4) is 11.3 Å². The number of H-pyrrole nitrogens is 2. The molecular weight excluding hydrogens is 280 g/mol. The molecular formula is C13H13ClN4O2. The lowest BCUT2D eigenvalue weighted by Gasteiger charge is -2.11. The minimum absolute atomic E-state index is 0.285. The van der Waals surface area contributed by atoms with Crippen LogP contribution in [-0.2, 0) is 0 Å². The Bertz CT molecular complexity index is 747. The fourth-order valence-corrected chi connectivity index (χ4v) is 2.89. The van der Waals surface area contributed by atoms with Gasteiger partial charge in [-0.2, -0.15) is 0 Å². The summed E-state index contributed by atoms with van der Waals surface area (Å²) in [5, 5.41) is 8.27. The van der Waals surface area contributed by atoms with Gasteiger partial charge in [-0.05, 0) is 30.4 Å². The Balaban J connectivity index is 2.08. The highest BCUT2D eigenvalue weighted by Gasteiger charge is 2.21. The maximum absolute atomic E-state index is 11.8. The second-order valence-corrected chi connectivity index (χ2v) is 5.30. The molecule has 0 unspecified atom stereocenters. The third kappa shape index (κ3) is 2.38. The second-order valence-electron chi connectivity index (χ2n) is 4.94. The van der Waals surface area contributed by atoms with E-state index < -0.39 is 11.2 Å². The minimum atomic E-state index is -0.545. The van der Waals surface area contributed by atoms with Crippen LogP contribution < -0.4 is 11.2 Å². The van der Waals surface area contributed by atoms with E-state index in [0.717, 1.165) is 18.4 Å². The molecule has 0 spiro atoms. The molecule has 0 radical (unpaired) electrons. The van der Waals surface area contributed by atoms with Crippen molar-refractivity contribution in [1.82, 2.24) is 20.2 Å². The molecule has 1 saturated carbocycles. The number of hydrogen-bond acceptors (Lipinski definition) is 4. The predicted octanol–water partition coefficient (Wildman–Crippen LogP) is 1.83. The summed E-state index contributed by atoms with van der Waals surface area (Å²) < 4.78 is 0. The van der Waals surface area contributed by atoms with Gasteiger partial charge in [-0.15, -0.1) is 10.2 Å². The van der Waals surface area contributed by atoms with Gasteiger partial charge in [0.05, 0.1) is 5.56 Å². The summed E-state index contributed by atoms with van der Waals surface area (Å²) in [6.07, 6.45) is 5.85. The van der Waals surface area contributed by atoms with Crippen LogP contribution in [0.4, 0.5) is 0 Å². The van der Waals surface area contributed by atoms with Gasteiger partial charge in [0, 0.05) is 6.20 Å². The molecule has 0 bridgehead atoms. The summed E-state index contributed by atoms with van der Waals surface area (Å²) in [5.74, 6) is 0.374. The first-order valence-electron chi connectivity index (χ1n) is 6.50. The molecule has 1 fully saturated rings. The van der Waals surface area contributed by atoms with Crippen molar-refractivity contribution in [2.75, 3.05) is 0 Å². The highest BCUT2D eigenvalue weighted by Crippen LogP contribution is 2.37. The molecule has 7 heteroatoms. The van der Waals surface area contributed by atoms with Crippen LogP contribution in [-0.4, -0.2) is 20.2 Å². The Morgan fingerprint density at radius 2 is 1.95 bits per heavy atom. The largest absolute Gasteiger partial charge is 0.325 e. The molecule has 1 aliphatic carbocycles. The Hall–Kier alpha value is -1.95. The fourth-order valence-electron chi connectivity index (χ4n) is 2.65. The van der Waals surface area contributed by atoms with Crippen LogP contribution in [0, 0.1) is 0 Å². The Kier molecular flexibility index (Phi) is 3.40. The summed E-state index contributed by atoms with van der Waals surface area (Å²) in [6.45, 7) is 0. The van der Waals surface area contributed by atoms with Crippen LogP contribution in [0.15, 0.2) is 21.9 Å². The van der Waals surface area contributed by atoms with Gasteiger partial charge < -0.3 is 4.98 Å². The first-order valence-corrected chi connectivity index (χ1v) is 6.88. The standard InChI is InChI=1S/C13H13ClN4O2/c14-11-8(7-3-1-2-4-7)5-10(17-18-11)9-6-15-13(20)16-12(9)19/h5-7H,1-4H2,(H2,15,16,19,20). The molecule has 0 aromatic carbocycles. The number of aromatic nitrogens is 4. The van der Waals surface area contributed by atoms with Gasteiger partial charge in [0.25, 0.3) is 5.56 Å². The third-order valence-electron chi connectivity index (χ3n) is 3.67. The van der Waals surface area contributed by atoms with Gasteiger partial charge >= 0.3 is 5.69 Å². The maximum Gasteiger partial charge on any atom is 0.325 e. The lowest BCUT2D eigenvalue weighted by Crippen LogP contribution is -2.23. The van der Waals surface area contributed by atoms with Crippen molar-refractivity contribution in [3.63, 3.8) is 0 Å². The van der Waals surface area contributed by atoms with Gasteiger partial charge in [-0.3, -0.25) is 9.78 Å². The van der Waals surface area contributed by atoms with Gasteiger partial charge in [0.15, 0.2) is 5.15 Å².